The zero-order chi connectivity index (χ0) is 14.5. The van der Waals surface area contributed by atoms with Crippen LogP contribution in [0.15, 0.2) is 36.5 Å². The number of nitrogens with zero attached hydrogens (tertiary/aromatic N) is 2. The standard InChI is InChI=1S/C15H20N4O/c1-11-13(10-18-19(11)2)9-17-15(20)14(16)8-12-6-4-3-5-7-12/h3-7,10,14H,8-9,16H2,1-2H3,(H,17,20). The van der Waals surface area contributed by atoms with E-state index >= 15 is 0 Å². The minimum absolute atomic E-state index is 0.142. The van der Waals surface area contributed by atoms with Crippen LogP contribution in [0.4, 0.5) is 0 Å². The number of hydrogen-bond acceptors (Lipinski definition) is 3. The van der Waals surface area contributed by atoms with E-state index in [2.05, 4.69) is 10.4 Å². The Kier molecular flexibility index (Phi) is 4.53. The van der Waals surface area contributed by atoms with Gasteiger partial charge in [-0.3, -0.25) is 9.48 Å². The highest BCUT2D eigenvalue weighted by Gasteiger charge is 2.14. The lowest BCUT2D eigenvalue weighted by Gasteiger charge is -2.12. The summed E-state index contributed by atoms with van der Waals surface area (Å²) in [6, 6.07) is 9.24. The van der Waals surface area contributed by atoms with Gasteiger partial charge in [-0.25, -0.2) is 0 Å². The van der Waals surface area contributed by atoms with E-state index in [1.54, 1.807) is 10.9 Å². The van der Waals surface area contributed by atoms with E-state index in [4.69, 9.17) is 5.73 Å². The van der Waals surface area contributed by atoms with Crippen LogP contribution in [-0.2, 0) is 24.8 Å². The van der Waals surface area contributed by atoms with Crippen LogP contribution in [0.3, 0.4) is 0 Å². The predicted molar refractivity (Wildman–Crippen MR) is 77.9 cm³/mol. The molecule has 1 aromatic carbocycles. The van der Waals surface area contributed by atoms with Gasteiger partial charge in [-0.15, -0.1) is 0 Å². The SMILES string of the molecule is Cc1c(CNC(=O)C(N)Cc2ccccc2)cnn1C. The third-order valence-electron chi connectivity index (χ3n) is 3.43. The monoisotopic (exact) mass is 272 g/mol. The Hall–Kier alpha value is -2.14. The van der Waals surface area contributed by atoms with E-state index in [0.717, 1.165) is 16.8 Å². The Balaban J connectivity index is 1.87. The van der Waals surface area contributed by atoms with Gasteiger partial charge >= 0.3 is 0 Å². The molecule has 20 heavy (non-hydrogen) atoms. The molecule has 0 fully saturated rings. The number of hydrogen-bond donors (Lipinski definition) is 2. The van der Waals surface area contributed by atoms with Gasteiger partial charge in [-0.1, -0.05) is 30.3 Å². The second-order valence-electron chi connectivity index (χ2n) is 4.89. The maximum absolute atomic E-state index is 12.0. The summed E-state index contributed by atoms with van der Waals surface area (Å²) < 4.78 is 1.78. The molecule has 0 saturated carbocycles. The Morgan fingerprint density at radius 1 is 1.40 bits per heavy atom. The van der Waals surface area contributed by atoms with Crippen molar-refractivity contribution in [2.75, 3.05) is 0 Å². The fourth-order valence-corrected chi connectivity index (χ4v) is 1.99. The number of rotatable bonds is 5. The van der Waals surface area contributed by atoms with Crippen molar-refractivity contribution in [1.29, 1.82) is 0 Å². The molecule has 1 aromatic heterocycles. The molecule has 0 spiro atoms. The molecule has 0 aliphatic heterocycles. The fraction of sp³-hybridized carbons (Fsp3) is 0.333. The normalized spacial score (nSPS) is 12.2. The summed E-state index contributed by atoms with van der Waals surface area (Å²) in [6.45, 7) is 2.43. The maximum Gasteiger partial charge on any atom is 0.237 e. The smallest absolute Gasteiger partial charge is 0.237 e. The molecule has 0 bridgehead atoms. The van der Waals surface area contributed by atoms with Crippen LogP contribution in [0.5, 0.6) is 0 Å². The van der Waals surface area contributed by atoms with Crippen LogP contribution in [0.1, 0.15) is 16.8 Å². The maximum atomic E-state index is 12.0. The number of nitrogens with two attached hydrogens (primary N) is 1. The lowest BCUT2D eigenvalue weighted by Crippen LogP contribution is -2.41. The summed E-state index contributed by atoms with van der Waals surface area (Å²) in [5, 5.41) is 7.00. The predicted octanol–water partition coefficient (Wildman–Crippen LogP) is 0.915. The van der Waals surface area contributed by atoms with Crippen molar-refractivity contribution in [1.82, 2.24) is 15.1 Å². The van der Waals surface area contributed by atoms with E-state index in [1.807, 2.05) is 44.3 Å². The molecule has 0 saturated heterocycles. The van der Waals surface area contributed by atoms with E-state index in [1.165, 1.54) is 0 Å². The lowest BCUT2D eigenvalue weighted by molar-refractivity contribution is -0.122. The van der Waals surface area contributed by atoms with Gasteiger partial charge in [0.05, 0.1) is 12.2 Å². The molecule has 2 aromatic rings. The number of nitrogens with one attached hydrogen (secondary N) is 1. The molecule has 0 aliphatic carbocycles. The van der Waals surface area contributed by atoms with E-state index in [0.29, 0.717) is 13.0 Å². The molecular formula is C15H20N4O. The van der Waals surface area contributed by atoms with Gasteiger partial charge in [0, 0.05) is 24.8 Å². The summed E-state index contributed by atoms with van der Waals surface area (Å²) in [6.07, 6.45) is 2.30. The van der Waals surface area contributed by atoms with Crippen LogP contribution in [0.25, 0.3) is 0 Å². The number of benzene rings is 1. The third kappa shape index (κ3) is 3.45. The molecule has 1 unspecified atom stereocenters. The average Bonchev–Trinajstić information content (AvgIpc) is 2.77. The van der Waals surface area contributed by atoms with Crippen LogP contribution in [-0.4, -0.2) is 21.7 Å². The summed E-state index contributed by atoms with van der Waals surface area (Å²) in [5.74, 6) is -0.142. The summed E-state index contributed by atoms with van der Waals surface area (Å²) >= 11 is 0. The number of carbonyl (C=O) groups is 1. The molecule has 1 heterocycles. The molecule has 2 rings (SSSR count). The zero-order valence-electron chi connectivity index (χ0n) is 11.8. The van der Waals surface area contributed by atoms with Crippen molar-refractivity contribution in [3.63, 3.8) is 0 Å². The molecule has 5 heteroatoms. The molecule has 1 amide bonds. The minimum atomic E-state index is -0.533. The van der Waals surface area contributed by atoms with E-state index < -0.39 is 6.04 Å². The topological polar surface area (TPSA) is 72.9 Å². The van der Waals surface area contributed by atoms with Gasteiger partial charge in [0.25, 0.3) is 0 Å². The molecule has 106 valence electrons. The largest absolute Gasteiger partial charge is 0.351 e. The first-order valence-corrected chi connectivity index (χ1v) is 6.62. The third-order valence-corrected chi connectivity index (χ3v) is 3.43. The van der Waals surface area contributed by atoms with Gasteiger partial charge in [0.1, 0.15) is 0 Å². The van der Waals surface area contributed by atoms with Crippen molar-refractivity contribution < 1.29 is 4.79 Å². The minimum Gasteiger partial charge on any atom is -0.351 e. The first-order valence-electron chi connectivity index (χ1n) is 6.62. The molecule has 3 N–H and O–H groups in total. The molecule has 0 radical (unpaired) electrons. The van der Waals surface area contributed by atoms with E-state index in [-0.39, 0.29) is 5.91 Å². The second-order valence-corrected chi connectivity index (χ2v) is 4.89. The first kappa shape index (κ1) is 14.3. The second kappa shape index (κ2) is 6.34. The fourth-order valence-electron chi connectivity index (χ4n) is 1.99. The van der Waals surface area contributed by atoms with Crippen LogP contribution in [0, 0.1) is 6.92 Å². The zero-order valence-corrected chi connectivity index (χ0v) is 11.8. The first-order chi connectivity index (χ1) is 9.58. The summed E-state index contributed by atoms with van der Waals surface area (Å²) in [7, 11) is 1.88. The van der Waals surface area contributed by atoms with Gasteiger partial charge < -0.3 is 11.1 Å². The van der Waals surface area contributed by atoms with Crippen molar-refractivity contribution >= 4 is 5.91 Å². The van der Waals surface area contributed by atoms with Crippen molar-refractivity contribution in [3.8, 4) is 0 Å². The highest BCUT2D eigenvalue weighted by Crippen LogP contribution is 2.05. The Morgan fingerprint density at radius 3 is 2.70 bits per heavy atom. The lowest BCUT2D eigenvalue weighted by atomic mass is 10.1. The van der Waals surface area contributed by atoms with Gasteiger partial charge in [0.2, 0.25) is 5.91 Å². The number of carbonyl (C=O) groups excluding carboxylic acids is 1. The number of aryl methyl sites for hydroxylation is 1. The molecule has 5 nitrogen and oxygen atoms in total. The van der Waals surface area contributed by atoms with Crippen molar-refractivity contribution in [2.45, 2.75) is 25.9 Å². The molecular weight excluding hydrogens is 252 g/mol. The number of amides is 1. The summed E-state index contributed by atoms with van der Waals surface area (Å²) in [5.41, 5.74) is 9.04. The Morgan fingerprint density at radius 2 is 2.10 bits per heavy atom. The van der Waals surface area contributed by atoms with Crippen LogP contribution >= 0.6 is 0 Å². The highest BCUT2D eigenvalue weighted by molar-refractivity contribution is 5.81. The van der Waals surface area contributed by atoms with Gasteiger partial charge in [-0.05, 0) is 18.9 Å². The van der Waals surface area contributed by atoms with Crippen molar-refractivity contribution in [3.05, 3.63) is 53.3 Å². The van der Waals surface area contributed by atoms with E-state index in [9.17, 15) is 4.79 Å². The Labute approximate surface area is 118 Å². The Bertz CT molecular complexity index is 577. The molecule has 0 aliphatic rings. The van der Waals surface area contributed by atoms with Gasteiger partial charge in [0.15, 0.2) is 0 Å². The van der Waals surface area contributed by atoms with Crippen LogP contribution in [0.2, 0.25) is 0 Å². The highest BCUT2D eigenvalue weighted by atomic mass is 16.2. The quantitative estimate of drug-likeness (QED) is 0.850. The summed E-state index contributed by atoms with van der Waals surface area (Å²) in [4.78, 5) is 12.0. The average molecular weight is 272 g/mol. The van der Waals surface area contributed by atoms with Crippen molar-refractivity contribution in [2.24, 2.45) is 12.8 Å². The molecule has 1 atom stereocenters. The van der Waals surface area contributed by atoms with Gasteiger partial charge in [-0.2, -0.15) is 5.10 Å². The number of aromatic nitrogens is 2. The van der Waals surface area contributed by atoms with Crippen LogP contribution < -0.4 is 11.1 Å².